The van der Waals surface area contributed by atoms with Gasteiger partial charge in [0.25, 0.3) is 0 Å². The lowest BCUT2D eigenvalue weighted by molar-refractivity contribution is -0.137. The number of rotatable bonds is 4. The van der Waals surface area contributed by atoms with Crippen molar-refractivity contribution in [3.8, 4) is 0 Å². The van der Waals surface area contributed by atoms with E-state index in [-0.39, 0.29) is 5.92 Å². The van der Waals surface area contributed by atoms with Gasteiger partial charge in [-0.2, -0.15) is 24.9 Å². The largest absolute Gasteiger partial charge is 0.416 e. The molecule has 4 heteroatoms. The van der Waals surface area contributed by atoms with Crippen LogP contribution in [0.25, 0.3) is 0 Å². The molecule has 0 unspecified atom stereocenters. The first-order valence-electron chi connectivity index (χ1n) is 5.55. The molecule has 1 rings (SSSR count). The number of aryl methyl sites for hydroxylation is 1. The minimum absolute atomic E-state index is 0.258. The van der Waals surface area contributed by atoms with Crippen LogP contribution in [0, 0.1) is 0 Å². The van der Waals surface area contributed by atoms with Gasteiger partial charge in [-0.25, -0.2) is 0 Å². The van der Waals surface area contributed by atoms with Crippen LogP contribution < -0.4 is 0 Å². The van der Waals surface area contributed by atoms with E-state index in [9.17, 15) is 13.2 Å². The maximum absolute atomic E-state index is 12.6. The van der Waals surface area contributed by atoms with Crippen molar-refractivity contribution in [3.05, 3.63) is 34.9 Å². The average Bonchev–Trinajstić information content (AvgIpc) is 2.24. The third kappa shape index (κ3) is 3.95. The van der Waals surface area contributed by atoms with Crippen LogP contribution in [0.1, 0.15) is 36.5 Å². The average molecular weight is 262 g/mol. The second-order valence-corrected chi connectivity index (χ2v) is 5.29. The quantitative estimate of drug-likeness (QED) is 0.755. The van der Waals surface area contributed by atoms with Crippen LogP contribution in [-0.2, 0) is 12.6 Å². The molecule has 1 aromatic rings. The molecule has 0 heterocycles. The molecule has 0 saturated carbocycles. The fourth-order valence-electron chi connectivity index (χ4n) is 1.77. The number of halogens is 3. The molecular formula is C13H17F3S. The Hall–Kier alpha value is -0.640. The van der Waals surface area contributed by atoms with Gasteiger partial charge in [0.05, 0.1) is 5.56 Å². The Morgan fingerprint density at radius 3 is 2.35 bits per heavy atom. The molecule has 0 bridgehead atoms. The maximum atomic E-state index is 12.6. The molecule has 96 valence electrons. The highest BCUT2D eigenvalue weighted by molar-refractivity contribution is 7.98. The second kappa shape index (κ2) is 5.80. The van der Waals surface area contributed by atoms with Gasteiger partial charge in [-0.05, 0) is 47.6 Å². The monoisotopic (exact) mass is 262 g/mol. The van der Waals surface area contributed by atoms with Gasteiger partial charge in [-0.15, -0.1) is 0 Å². The van der Waals surface area contributed by atoms with Gasteiger partial charge in [-0.3, -0.25) is 0 Å². The zero-order valence-corrected chi connectivity index (χ0v) is 11.1. The van der Waals surface area contributed by atoms with E-state index in [0.717, 1.165) is 16.9 Å². The molecule has 0 aliphatic carbocycles. The first-order chi connectivity index (χ1) is 7.86. The summed E-state index contributed by atoms with van der Waals surface area (Å²) in [5, 5.41) is 0. The molecule has 0 nitrogen and oxygen atoms in total. The molecule has 0 amide bonds. The zero-order valence-electron chi connectivity index (χ0n) is 10.3. The minimum atomic E-state index is -4.25. The summed E-state index contributed by atoms with van der Waals surface area (Å²) in [5.41, 5.74) is 1.30. The Bertz CT molecular complexity index is 369. The van der Waals surface area contributed by atoms with Crippen molar-refractivity contribution < 1.29 is 13.2 Å². The number of hydrogen-bond donors (Lipinski definition) is 0. The number of thioether (sulfide) groups is 1. The van der Waals surface area contributed by atoms with Crippen LogP contribution in [0.3, 0.4) is 0 Å². The van der Waals surface area contributed by atoms with Crippen molar-refractivity contribution >= 4 is 11.8 Å². The Morgan fingerprint density at radius 2 is 1.88 bits per heavy atom. The summed E-state index contributed by atoms with van der Waals surface area (Å²) in [7, 11) is 0. The van der Waals surface area contributed by atoms with Gasteiger partial charge in [0.2, 0.25) is 0 Å². The summed E-state index contributed by atoms with van der Waals surface area (Å²) in [6.07, 6.45) is -1.59. The van der Waals surface area contributed by atoms with Crippen molar-refractivity contribution in [2.45, 2.75) is 32.4 Å². The first kappa shape index (κ1) is 14.4. The standard InChI is InChI=1S/C13H17F3S/c1-9(2)12-5-4-11(13(14,15)16)8-10(12)6-7-17-3/h4-5,8-9H,6-7H2,1-3H3. The fraction of sp³-hybridized carbons (Fsp3) is 0.538. The maximum Gasteiger partial charge on any atom is 0.416 e. The van der Waals surface area contributed by atoms with E-state index in [1.54, 1.807) is 17.8 Å². The summed E-state index contributed by atoms with van der Waals surface area (Å²) in [5.74, 6) is 1.11. The number of alkyl halides is 3. The molecule has 0 aromatic heterocycles. The number of benzene rings is 1. The molecule has 0 atom stereocenters. The second-order valence-electron chi connectivity index (χ2n) is 4.31. The van der Waals surface area contributed by atoms with Gasteiger partial charge >= 0.3 is 6.18 Å². The lowest BCUT2D eigenvalue weighted by atomic mass is 9.94. The molecule has 0 radical (unpaired) electrons. The molecule has 0 fully saturated rings. The van der Waals surface area contributed by atoms with Crippen LogP contribution >= 0.6 is 11.8 Å². The SMILES string of the molecule is CSCCc1cc(C(F)(F)F)ccc1C(C)C. The van der Waals surface area contributed by atoms with E-state index < -0.39 is 11.7 Å². The fourth-order valence-corrected chi connectivity index (χ4v) is 2.20. The first-order valence-corrected chi connectivity index (χ1v) is 6.94. The molecule has 0 N–H and O–H groups in total. The summed E-state index contributed by atoms with van der Waals surface area (Å²) < 4.78 is 37.9. The van der Waals surface area contributed by atoms with Gasteiger partial charge in [-0.1, -0.05) is 19.9 Å². The summed E-state index contributed by atoms with van der Waals surface area (Å²) in [6.45, 7) is 4.01. The molecular weight excluding hydrogens is 245 g/mol. The number of hydrogen-bond acceptors (Lipinski definition) is 1. The van der Waals surface area contributed by atoms with E-state index in [0.29, 0.717) is 6.42 Å². The Balaban J connectivity index is 3.10. The Morgan fingerprint density at radius 1 is 1.24 bits per heavy atom. The molecule has 1 aromatic carbocycles. The highest BCUT2D eigenvalue weighted by Crippen LogP contribution is 2.32. The van der Waals surface area contributed by atoms with Crippen molar-refractivity contribution in [3.63, 3.8) is 0 Å². The van der Waals surface area contributed by atoms with Crippen LogP contribution in [0.5, 0.6) is 0 Å². The predicted molar refractivity (Wildman–Crippen MR) is 67.6 cm³/mol. The van der Waals surface area contributed by atoms with Crippen LogP contribution in [0.4, 0.5) is 13.2 Å². The van der Waals surface area contributed by atoms with E-state index >= 15 is 0 Å². The van der Waals surface area contributed by atoms with Crippen LogP contribution in [0.15, 0.2) is 18.2 Å². The van der Waals surface area contributed by atoms with Crippen molar-refractivity contribution in [1.82, 2.24) is 0 Å². The van der Waals surface area contributed by atoms with E-state index in [4.69, 9.17) is 0 Å². The van der Waals surface area contributed by atoms with Crippen molar-refractivity contribution in [2.75, 3.05) is 12.0 Å². The summed E-state index contributed by atoms with van der Waals surface area (Å²) in [4.78, 5) is 0. The normalized spacial score (nSPS) is 12.2. The molecule has 0 saturated heterocycles. The van der Waals surface area contributed by atoms with E-state index in [1.165, 1.54) is 12.1 Å². The smallest absolute Gasteiger partial charge is 0.166 e. The topological polar surface area (TPSA) is 0 Å². The van der Waals surface area contributed by atoms with Crippen LogP contribution in [0.2, 0.25) is 0 Å². The third-order valence-electron chi connectivity index (χ3n) is 2.67. The Kier molecular flexibility index (Phi) is 4.92. The molecule has 0 spiro atoms. The lowest BCUT2D eigenvalue weighted by Gasteiger charge is -2.15. The molecule has 0 aliphatic rings. The van der Waals surface area contributed by atoms with Crippen molar-refractivity contribution in [1.29, 1.82) is 0 Å². The zero-order chi connectivity index (χ0) is 13.1. The summed E-state index contributed by atoms with van der Waals surface area (Å²) >= 11 is 1.65. The predicted octanol–water partition coefficient (Wildman–Crippen LogP) is 4.73. The molecule has 0 aliphatic heterocycles. The summed E-state index contributed by atoms with van der Waals surface area (Å²) in [6, 6.07) is 4.09. The lowest BCUT2D eigenvalue weighted by Crippen LogP contribution is -2.08. The van der Waals surface area contributed by atoms with Gasteiger partial charge in [0.1, 0.15) is 0 Å². The van der Waals surface area contributed by atoms with Gasteiger partial charge < -0.3 is 0 Å². The molecule has 17 heavy (non-hydrogen) atoms. The van der Waals surface area contributed by atoms with E-state index in [2.05, 4.69) is 0 Å². The van der Waals surface area contributed by atoms with Gasteiger partial charge in [0.15, 0.2) is 0 Å². The van der Waals surface area contributed by atoms with Crippen molar-refractivity contribution in [2.24, 2.45) is 0 Å². The van der Waals surface area contributed by atoms with Gasteiger partial charge in [0, 0.05) is 0 Å². The third-order valence-corrected chi connectivity index (χ3v) is 3.28. The highest BCUT2D eigenvalue weighted by Gasteiger charge is 2.30. The Labute approximate surface area is 105 Å². The van der Waals surface area contributed by atoms with Crippen LogP contribution in [-0.4, -0.2) is 12.0 Å². The minimum Gasteiger partial charge on any atom is -0.166 e. The highest BCUT2D eigenvalue weighted by atomic mass is 32.2. The van der Waals surface area contributed by atoms with E-state index in [1.807, 2.05) is 20.1 Å².